The van der Waals surface area contributed by atoms with E-state index in [1.807, 2.05) is 13.8 Å². The number of hydrogen-bond acceptors (Lipinski definition) is 9. The van der Waals surface area contributed by atoms with E-state index in [1.54, 1.807) is 67.5 Å². The zero-order chi connectivity index (χ0) is 30.8. The van der Waals surface area contributed by atoms with Crippen LogP contribution in [0.4, 0.5) is 5.69 Å². The Hall–Kier alpha value is -4.97. The monoisotopic (exact) mass is 602 g/mol. The molecule has 5 rings (SSSR count). The molecular weight excluding hydrogens is 572 g/mol. The molecule has 43 heavy (non-hydrogen) atoms. The van der Waals surface area contributed by atoms with Crippen LogP contribution in [-0.4, -0.2) is 47.6 Å². The lowest BCUT2D eigenvalue weighted by molar-refractivity contribution is -0.384. The van der Waals surface area contributed by atoms with Crippen LogP contribution in [0.5, 0.6) is 11.5 Å². The smallest absolute Gasteiger partial charge is 0.271 e. The summed E-state index contributed by atoms with van der Waals surface area (Å²) in [5.74, 6) is 1.75. The van der Waals surface area contributed by atoms with Gasteiger partial charge in [0.25, 0.3) is 17.2 Å². The van der Waals surface area contributed by atoms with Crippen molar-refractivity contribution in [3.8, 4) is 22.8 Å². The molecule has 0 radical (unpaired) electrons. The number of nitro groups is 1. The standard InChI is InChI=1S/C31H30N4O7S/c1-6-33(7-2)30(37)27-18(3)32-31-34(28(27)23-16-21(40-4)12-15-25(23)41-5)29(36)26(43-31)17-22-13-14-24(42-22)19-8-10-20(11-9-19)35(38)39/h8-17,28H,6-7H2,1-5H3/b26-17+/t28-/m0/s1. The van der Waals surface area contributed by atoms with Gasteiger partial charge in [0, 0.05) is 42.4 Å². The van der Waals surface area contributed by atoms with Crippen LogP contribution in [0.1, 0.15) is 38.1 Å². The number of methoxy groups -OCH3 is 2. The van der Waals surface area contributed by atoms with Gasteiger partial charge in [-0.25, -0.2) is 4.99 Å². The lowest BCUT2D eigenvalue weighted by Crippen LogP contribution is -2.43. The van der Waals surface area contributed by atoms with Crippen LogP contribution in [0.3, 0.4) is 0 Å². The van der Waals surface area contributed by atoms with Crippen molar-refractivity contribution in [2.45, 2.75) is 26.8 Å². The van der Waals surface area contributed by atoms with Gasteiger partial charge >= 0.3 is 0 Å². The molecule has 0 fully saturated rings. The molecule has 1 aliphatic heterocycles. The van der Waals surface area contributed by atoms with Gasteiger partial charge < -0.3 is 18.8 Å². The number of non-ortho nitro benzene ring substituents is 1. The number of nitro benzene ring substituents is 1. The Morgan fingerprint density at radius 1 is 1.12 bits per heavy atom. The third-order valence-corrected chi connectivity index (χ3v) is 8.28. The molecule has 222 valence electrons. The average Bonchev–Trinajstić information content (AvgIpc) is 3.60. The minimum atomic E-state index is -0.816. The molecule has 2 aromatic carbocycles. The molecule has 3 heterocycles. The first-order valence-corrected chi connectivity index (χ1v) is 14.4. The van der Waals surface area contributed by atoms with Gasteiger partial charge in [0.05, 0.1) is 34.9 Å². The van der Waals surface area contributed by atoms with Crippen LogP contribution < -0.4 is 24.4 Å². The summed E-state index contributed by atoms with van der Waals surface area (Å²) in [7, 11) is 3.09. The minimum absolute atomic E-state index is 0.0204. The Balaban J connectivity index is 1.66. The topological polar surface area (TPSA) is 129 Å². The van der Waals surface area contributed by atoms with Gasteiger partial charge in [-0.15, -0.1) is 0 Å². The molecule has 1 aliphatic rings. The number of aromatic nitrogens is 1. The van der Waals surface area contributed by atoms with Crippen molar-refractivity contribution >= 4 is 29.0 Å². The molecule has 0 N–H and O–H groups in total. The van der Waals surface area contributed by atoms with Gasteiger partial charge in [0.15, 0.2) is 4.80 Å². The van der Waals surface area contributed by atoms with Gasteiger partial charge in [-0.1, -0.05) is 11.3 Å². The minimum Gasteiger partial charge on any atom is -0.497 e. The van der Waals surface area contributed by atoms with Crippen molar-refractivity contribution in [3.63, 3.8) is 0 Å². The van der Waals surface area contributed by atoms with Crippen LogP contribution in [0.15, 0.2) is 80.1 Å². The molecule has 4 aromatic rings. The van der Waals surface area contributed by atoms with Crippen LogP contribution in [-0.2, 0) is 4.79 Å². The number of ether oxygens (including phenoxy) is 2. The van der Waals surface area contributed by atoms with E-state index in [-0.39, 0.29) is 17.2 Å². The Labute approximate surface area is 250 Å². The number of carbonyl (C=O) groups is 1. The highest BCUT2D eigenvalue weighted by molar-refractivity contribution is 7.07. The normalized spacial score (nSPS) is 14.7. The predicted molar refractivity (Wildman–Crippen MR) is 162 cm³/mol. The summed E-state index contributed by atoms with van der Waals surface area (Å²) in [5.41, 5.74) is 1.78. The number of furan rings is 1. The van der Waals surface area contributed by atoms with Crippen molar-refractivity contribution in [2.75, 3.05) is 27.3 Å². The SMILES string of the molecule is CCN(CC)C(=O)C1=C(C)N=c2s/c(=C/c3ccc(-c4ccc([N+](=O)[O-])cc4)o3)c(=O)n2[C@H]1c1cc(OC)ccc1OC. The number of fused-ring (bicyclic) bond motifs is 1. The largest absolute Gasteiger partial charge is 0.497 e. The maximum absolute atomic E-state index is 14.1. The Morgan fingerprint density at radius 3 is 2.47 bits per heavy atom. The van der Waals surface area contributed by atoms with Crippen LogP contribution in [0.2, 0.25) is 0 Å². The quantitative estimate of drug-likeness (QED) is 0.206. The fourth-order valence-corrected chi connectivity index (χ4v) is 6.11. The Morgan fingerprint density at radius 2 is 1.84 bits per heavy atom. The summed E-state index contributed by atoms with van der Waals surface area (Å²) in [6.45, 7) is 6.57. The molecule has 0 saturated carbocycles. The number of carbonyl (C=O) groups excluding carboxylic acids is 1. The lowest BCUT2D eigenvalue weighted by atomic mass is 9.93. The van der Waals surface area contributed by atoms with E-state index in [2.05, 4.69) is 0 Å². The van der Waals surface area contributed by atoms with Crippen molar-refractivity contribution in [1.82, 2.24) is 9.47 Å². The van der Waals surface area contributed by atoms with Crippen LogP contribution in [0.25, 0.3) is 17.4 Å². The third kappa shape index (κ3) is 5.48. The zero-order valence-corrected chi connectivity index (χ0v) is 25.1. The number of thiazole rings is 1. The second-order valence-corrected chi connectivity index (χ2v) is 10.7. The predicted octanol–water partition coefficient (Wildman–Crippen LogP) is 4.29. The summed E-state index contributed by atoms with van der Waals surface area (Å²) >= 11 is 1.19. The fourth-order valence-electron chi connectivity index (χ4n) is 5.09. The molecule has 1 atom stereocenters. The van der Waals surface area contributed by atoms with E-state index in [0.717, 1.165) is 0 Å². The van der Waals surface area contributed by atoms with Gasteiger partial charge in [0.2, 0.25) is 0 Å². The molecule has 0 unspecified atom stereocenters. The molecule has 0 saturated heterocycles. The van der Waals surface area contributed by atoms with E-state index in [0.29, 0.717) is 67.8 Å². The van der Waals surface area contributed by atoms with E-state index >= 15 is 0 Å². The van der Waals surface area contributed by atoms with Crippen LogP contribution >= 0.6 is 11.3 Å². The second-order valence-electron chi connectivity index (χ2n) is 9.67. The molecule has 1 amide bonds. The first-order valence-electron chi connectivity index (χ1n) is 13.6. The summed E-state index contributed by atoms with van der Waals surface area (Å²) < 4.78 is 19.0. The summed E-state index contributed by atoms with van der Waals surface area (Å²) in [6.07, 6.45) is 1.63. The number of allylic oxidation sites excluding steroid dienone is 1. The molecule has 2 aromatic heterocycles. The maximum atomic E-state index is 14.1. The number of rotatable bonds is 9. The fraction of sp³-hybridized carbons (Fsp3) is 0.258. The first-order chi connectivity index (χ1) is 20.7. The van der Waals surface area contributed by atoms with Crippen molar-refractivity contribution in [1.29, 1.82) is 0 Å². The highest BCUT2D eigenvalue weighted by Crippen LogP contribution is 2.38. The number of hydrogen-bond donors (Lipinski definition) is 0. The summed E-state index contributed by atoms with van der Waals surface area (Å²) in [4.78, 5) is 45.3. The molecule has 0 bridgehead atoms. The Bertz CT molecular complexity index is 1910. The van der Waals surface area contributed by atoms with Gasteiger partial charge in [-0.3, -0.25) is 24.3 Å². The van der Waals surface area contributed by atoms with E-state index in [9.17, 15) is 19.7 Å². The van der Waals surface area contributed by atoms with E-state index in [1.165, 1.54) is 35.1 Å². The number of benzene rings is 2. The molecule has 11 nitrogen and oxygen atoms in total. The number of nitrogens with zero attached hydrogens (tertiary/aromatic N) is 4. The average molecular weight is 603 g/mol. The second kappa shape index (κ2) is 12.1. The molecular formula is C31H30N4O7S. The molecule has 0 aliphatic carbocycles. The van der Waals surface area contributed by atoms with Crippen molar-refractivity contribution in [3.05, 3.63) is 107 Å². The van der Waals surface area contributed by atoms with Crippen molar-refractivity contribution < 1.29 is 23.6 Å². The van der Waals surface area contributed by atoms with Gasteiger partial charge in [0.1, 0.15) is 29.1 Å². The highest BCUT2D eigenvalue weighted by Gasteiger charge is 2.36. The lowest BCUT2D eigenvalue weighted by Gasteiger charge is -2.30. The first kappa shape index (κ1) is 29.5. The summed E-state index contributed by atoms with van der Waals surface area (Å²) in [5, 5.41) is 11.0. The zero-order valence-electron chi connectivity index (χ0n) is 24.3. The van der Waals surface area contributed by atoms with Crippen LogP contribution in [0, 0.1) is 10.1 Å². The van der Waals surface area contributed by atoms with Gasteiger partial charge in [-0.05, 0) is 63.2 Å². The maximum Gasteiger partial charge on any atom is 0.271 e. The van der Waals surface area contributed by atoms with Crippen molar-refractivity contribution in [2.24, 2.45) is 4.99 Å². The highest BCUT2D eigenvalue weighted by atomic mass is 32.1. The third-order valence-electron chi connectivity index (χ3n) is 7.30. The summed E-state index contributed by atoms with van der Waals surface area (Å²) in [6, 6.07) is 13.9. The number of likely N-dealkylation sites (N-methyl/N-ethyl adjacent to an activating group) is 1. The van der Waals surface area contributed by atoms with Gasteiger partial charge in [-0.2, -0.15) is 0 Å². The van der Waals surface area contributed by atoms with E-state index in [4.69, 9.17) is 18.9 Å². The Kier molecular flexibility index (Phi) is 8.31. The number of amides is 1. The van der Waals surface area contributed by atoms with E-state index < -0.39 is 11.0 Å². The molecule has 12 heteroatoms. The molecule has 0 spiro atoms.